The van der Waals surface area contributed by atoms with E-state index >= 15 is 0 Å². The van der Waals surface area contributed by atoms with E-state index in [2.05, 4.69) is 0 Å². The summed E-state index contributed by atoms with van der Waals surface area (Å²) in [6.07, 6.45) is -0.279. The summed E-state index contributed by atoms with van der Waals surface area (Å²) in [7, 11) is -9.24. The highest BCUT2D eigenvalue weighted by Gasteiger charge is 2.34. The minimum atomic E-state index is -4.62. The summed E-state index contributed by atoms with van der Waals surface area (Å²) in [5.74, 6) is -0.994. The van der Waals surface area contributed by atoms with E-state index in [1.54, 1.807) is 6.26 Å². The lowest BCUT2D eigenvalue weighted by atomic mass is 10.2. The fourth-order valence-electron chi connectivity index (χ4n) is 1.41. The van der Waals surface area contributed by atoms with Gasteiger partial charge in [-0.1, -0.05) is 0 Å². The molecule has 19 heavy (non-hydrogen) atoms. The Labute approximate surface area is 114 Å². The maximum Gasteiger partial charge on any atom is 0.339 e. The summed E-state index contributed by atoms with van der Waals surface area (Å²) in [6, 6.07) is -1.35. The monoisotopic (exact) mass is 337 g/mol. The summed E-state index contributed by atoms with van der Waals surface area (Å²) in [4.78, 5) is 47.1. The van der Waals surface area contributed by atoms with Crippen molar-refractivity contribution in [3.8, 4) is 0 Å². The zero-order valence-electron chi connectivity index (χ0n) is 10.1. The van der Waals surface area contributed by atoms with Crippen molar-refractivity contribution in [1.29, 1.82) is 0 Å². The van der Waals surface area contributed by atoms with Crippen LogP contribution in [0.2, 0.25) is 0 Å². The lowest BCUT2D eigenvalue weighted by Crippen LogP contribution is -2.42. The molecule has 5 N–H and O–H groups in total. The summed E-state index contributed by atoms with van der Waals surface area (Å²) >= 11 is 1.32. The van der Waals surface area contributed by atoms with Gasteiger partial charge in [-0.05, 0) is 18.4 Å². The van der Waals surface area contributed by atoms with Crippen LogP contribution in [0.15, 0.2) is 0 Å². The Bertz CT molecular complexity index is 369. The van der Waals surface area contributed by atoms with Crippen molar-refractivity contribution in [1.82, 2.24) is 4.90 Å². The Morgan fingerprint density at radius 2 is 1.58 bits per heavy atom. The number of aliphatic carboxylic acids is 1. The molecule has 1 atom stereocenters. The largest absolute Gasteiger partial charge is 0.480 e. The van der Waals surface area contributed by atoms with Crippen molar-refractivity contribution in [3.63, 3.8) is 0 Å². The molecule has 0 aromatic heterocycles. The molecule has 1 unspecified atom stereocenters. The van der Waals surface area contributed by atoms with Gasteiger partial charge < -0.3 is 24.7 Å². The van der Waals surface area contributed by atoms with Gasteiger partial charge in [0.25, 0.3) is 0 Å². The summed E-state index contributed by atoms with van der Waals surface area (Å²) in [6.45, 7) is 0. The molecule has 0 amide bonds. The molecule has 0 aromatic carbocycles. The molecule has 12 heteroatoms. The first-order valence-electron chi connectivity index (χ1n) is 5.01. The van der Waals surface area contributed by atoms with Gasteiger partial charge in [0.05, 0.1) is 0 Å². The fraction of sp³-hybridized carbons (Fsp3) is 0.857. The van der Waals surface area contributed by atoms with Crippen molar-refractivity contribution in [3.05, 3.63) is 0 Å². The van der Waals surface area contributed by atoms with Crippen LogP contribution < -0.4 is 0 Å². The van der Waals surface area contributed by atoms with Crippen LogP contribution in [0, 0.1) is 0 Å². The number of rotatable bonds is 9. The lowest BCUT2D eigenvalue weighted by molar-refractivity contribution is -0.142. The van der Waals surface area contributed by atoms with Gasteiger partial charge in [-0.25, -0.2) is 0 Å². The Kier molecular flexibility index (Phi) is 7.79. The first kappa shape index (κ1) is 19.1. The second-order valence-corrected chi connectivity index (χ2v) is 8.05. The highest BCUT2D eigenvalue weighted by atomic mass is 32.2. The molecule has 0 saturated carbocycles. The third kappa shape index (κ3) is 9.59. The van der Waals surface area contributed by atoms with E-state index in [9.17, 15) is 13.9 Å². The topological polar surface area (TPSA) is 156 Å². The molecule has 0 bridgehead atoms. The van der Waals surface area contributed by atoms with E-state index in [-0.39, 0.29) is 6.42 Å². The summed E-state index contributed by atoms with van der Waals surface area (Å²) in [5.41, 5.74) is 0. The van der Waals surface area contributed by atoms with Crippen LogP contribution in [-0.2, 0) is 13.9 Å². The number of thioether (sulfide) groups is 1. The zero-order valence-corrected chi connectivity index (χ0v) is 12.7. The molecule has 9 nitrogen and oxygen atoms in total. The third-order valence-electron chi connectivity index (χ3n) is 2.05. The minimum Gasteiger partial charge on any atom is -0.480 e. The number of carbonyl (C=O) groups is 1. The van der Waals surface area contributed by atoms with Crippen molar-refractivity contribution < 1.29 is 38.6 Å². The zero-order chi connectivity index (χ0) is 15.3. The van der Waals surface area contributed by atoms with Gasteiger partial charge in [-0.15, -0.1) is 0 Å². The Balaban J connectivity index is 5.09. The number of hydrogen-bond acceptors (Lipinski definition) is 5. The normalized spacial score (nSPS) is 14.6. The van der Waals surface area contributed by atoms with Crippen LogP contribution in [0.4, 0.5) is 0 Å². The van der Waals surface area contributed by atoms with Gasteiger partial charge in [0.2, 0.25) is 0 Å². The molecule has 0 heterocycles. The Morgan fingerprint density at radius 1 is 1.16 bits per heavy atom. The average Bonchev–Trinajstić information content (AvgIpc) is 2.12. The molecule has 0 radical (unpaired) electrons. The van der Waals surface area contributed by atoms with E-state index in [0.29, 0.717) is 10.7 Å². The summed E-state index contributed by atoms with van der Waals surface area (Å²) in [5, 5.41) is 9.01. The number of carboxylic acid groups (broad SMARTS) is 1. The molecular weight excluding hydrogens is 320 g/mol. The van der Waals surface area contributed by atoms with Crippen LogP contribution in [0.5, 0.6) is 0 Å². The molecule has 0 aliphatic carbocycles. The van der Waals surface area contributed by atoms with Gasteiger partial charge in [-0.2, -0.15) is 11.8 Å². The van der Waals surface area contributed by atoms with Crippen LogP contribution in [0.3, 0.4) is 0 Å². The smallest absolute Gasteiger partial charge is 0.339 e. The molecule has 0 spiro atoms. The predicted molar refractivity (Wildman–Crippen MR) is 70.1 cm³/mol. The fourth-order valence-corrected chi connectivity index (χ4v) is 3.56. The van der Waals surface area contributed by atoms with E-state index in [1.807, 2.05) is 0 Å². The van der Waals surface area contributed by atoms with E-state index in [4.69, 9.17) is 24.7 Å². The van der Waals surface area contributed by atoms with Gasteiger partial charge >= 0.3 is 21.2 Å². The van der Waals surface area contributed by atoms with Gasteiger partial charge in [-0.3, -0.25) is 18.8 Å². The highest BCUT2D eigenvalue weighted by Crippen LogP contribution is 2.42. The molecule has 0 rings (SSSR count). The SMILES string of the molecule is CSCCC(C(=O)O)N(CP(=O)(O)O)CP(=O)(O)O. The number of nitrogens with zero attached hydrogens (tertiary/aromatic N) is 1. The second-order valence-electron chi connectivity index (χ2n) is 3.84. The highest BCUT2D eigenvalue weighted by molar-refractivity contribution is 7.98. The van der Waals surface area contributed by atoms with Crippen molar-refractivity contribution >= 4 is 32.9 Å². The summed E-state index contributed by atoms with van der Waals surface area (Å²) < 4.78 is 21.9. The quantitative estimate of drug-likeness (QED) is 0.356. The molecular formula is C7H17NO8P2S. The van der Waals surface area contributed by atoms with Crippen molar-refractivity contribution in [2.45, 2.75) is 12.5 Å². The molecule has 0 aliphatic heterocycles. The Morgan fingerprint density at radius 3 is 1.84 bits per heavy atom. The number of carboxylic acids is 1. The molecule has 0 aliphatic rings. The standard InChI is InChI=1S/C7H17NO8P2S/c1-19-3-2-6(7(9)10)8(4-17(11,12)13)5-18(14,15)16/h6H,2-5H2,1H3,(H,9,10)(H2,11,12,13)(H2,14,15,16). The van der Waals surface area contributed by atoms with E-state index < -0.39 is 39.8 Å². The van der Waals surface area contributed by atoms with Crippen LogP contribution in [0.1, 0.15) is 6.42 Å². The van der Waals surface area contributed by atoms with E-state index in [0.717, 1.165) is 0 Å². The number of hydrogen-bond donors (Lipinski definition) is 5. The van der Waals surface area contributed by atoms with Crippen LogP contribution in [-0.4, -0.2) is 66.2 Å². The molecule has 0 fully saturated rings. The van der Waals surface area contributed by atoms with Gasteiger partial charge in [0, 0.05) is 0 Å². The first-order valence-corrected chi connectivity index (χ1v) is 10.00. The Hall–Kier alpha value is 0.0800. The predicted octanol–water partition coefficient (Wildman–Crippen LogP) is -0.235. The second kappa shape index (κ2) is 7.75. The molecule has 114 valence electrons. The maximum atomic E-state index is 11.1. The van der Waals surface area contributed by atoms with Gasteiger partial charge in [0.15, 0.2) is 0 Å². The van der Waals surface area contributed by atoms with Crippen LogP contribution in [0.25, 0.3) is 0 Å². The van der Waals surface area contributed by atoms with Crippen molar-refractivity contribution in [2.24, 2.45) is 0 Å². The lowest BCUT2D eigenvalue weighted by Gasteiger charge is -2.28. The maximum absolute atomic E-state index is 11.1. The van der Waals surface area contributed by atoms with E-state index in [1.165, 1.54) is 11.8 Å². The van der Waals surface area contributed by atoms with Crippen molar-refractivity contribution in [2.75, 3.05) is 24.6 Å². The average molecular weight is 337 g/mol. The van der Waals surface area contributed by atoms with Crippen LogP contribution >= 0.6 is 27.0 Å². The molecule has 0 saturated heterocycles. The minimum absolute atomic E-state index is 0.0243. The molecule has 0 aromatic rings. The first-order chi connectivity index (χ1) is 8.46. The third-order valence-corrected chi connectivity index (χ3v) is 4.16. The van der Waals surface area contributed by atoms with Gasteiger partial charge in [0.1, 0.15) is 18.6 Å².